The van der Waals surface area contributed by atoms with Gasteiger partial charge in [0, 0.05) is 44.2 Å². The van der Waals surface area contributed by atoms with Gasteiger partial charge in [0.2, 0.25) is 11.8 Å². The SMILES string of the molecule is CCCCCCCC(=O)N(CCN1CCOCC1)CC(=O)Nc1nccs1. The van der Waals surface area contributed by atoms with Gasteiger partial charge in [0.1, 0.15) is 0 Å². The Labute approximate surface area is 166 Å². The minimum atomic E-state index is -0.189. The summed E-state index contributed by atoms with van der Waals surface area (Å²) < 4.78 is 5.37. The number of rotatable bonds is 12. The highest BCUT2D eigenvalue weighted by Crippen LogP contribution is 2.11. The maximum Gasteiger partial charge on any atom is 0.245 e. The van der Waals surface area contributed by atoms with Crippen molar-refractivity contribution in [3.63, 3.8) is 0 Å². The van der Waals surface area contributed by atoms with Crippen LogP contribution in [0.15, 0.2) is 11.6 Å². The highest BCUT2D eigenvalue weighted by Gasteiger charge is 2.19. The van der Waals surface area contributed by atoms with E-state index in [-0.39, 0.29) is 18.4 Å². The summed E-state index contributed by atoms with van der Waals surface area (Å²) in [6.45, 7) is 6.83. The van der Waals surface area contributed by atoms with Crippen molar-refractivity contribution < 1.29 is 14.3 Å². The van der Waals surface area contributed by atoms with Gasteiger partial charge < -0.3 is 15.0 Å². The molecule has 0 spiro atoms. The van der Waals surface area contributed by atoms with E-state index in [4.69, 9.17) is 4.74 Å². The molecule has 2 amide bonds. The second-order valence-electron chi connectivity index (χ2n) is 6.82. The van der Waals surface area contributed by atoms with E-state index >= 15 is 0 Å². The Morgan fingerprint density at radius 3 is 2.74 bits per heavy atom. The number of carbonyl (C=O) groups is 2. The summed E-state index contributed by atoms with van der Waals surface area (Å²) in [6, 6.07) is 0. The number of carbonyl (C=O) groups excluding carboxylic acids is 2. The van der Waals surface area contributed by atoms with Crippen LogP contribution in [-0.2, 0) is 14.3 Å². The van der Waals surface area contributed by atoms with Crippen LogP contribution in [0.1, 0.15) is 45.4 Å². The predicted molar refractivity (Wildman–Crippen MR) is 108 cm³/mol. The third-order valence-electron chi connectivity index (χ3n) is 4.65. The highest BCUT2D eigenvalue weighted by atomic mass is 32.1. The van der Waals surface area contributed by atoms with E-state index < -0.39 is 0 Å². The third-order valence-corrected chi connectivity index (χ3v) is 5.34. The third kappa shape index (κ3) is 8.81. The van der Waals surface area contributed by atoms with Crippen molar-refractivity contribution in [3.05, 3.63) is 11.6 Å². The molecule has 7 nitrogen and oxygen atoms in total. The van der Waals surface area contributed by atoms with Crippen LogP contribution in [0.4, 0.5) is 5.13 Å². The molecule has 0 aliphatic carbocycles. The average molecular weight is 397 g/mol. The monoisotopic (exact) mass is 396 g/mol. The number of hydrogen-bond donors (Lipinski definition) is 1. The van der Waals surface area contributed by atoms with Crippen molar-refractivity contribution >= 4 is 28.3 Å². The Morgan fingerprint density at radius 1 is 1.26 bits per heavy atom. The van der Waals surface area contributed by atoms with Crippen molar-refractivity contribution in [3.8, 4) is 0 Å². The molecule has 1 aromatic rings. The molecule has 1 aromatic heterocycles. The Kier molecular flexibility index (Phi) is 10.3. The fourth-order valence-corrected chi connectivity index (χ4v) is 3.58. The highest BCUT2D eigenvalue weighted by molar-refractivity contribution is 7.13. The molecule has 1 fully saturated rings. The van der Waals surface area contributed by atoms with Crippen molar-refractivity contribution in [1.29, 1.82) is 0 Å². The van der Waals surface area contributed by atoms with Gasteiger partial charge in [-0.1, -0.05) is 32.6 Å². The lowest BCUT2D eigenvalue weighted by Gasteiger charge is -2.30. The summed E-state index contributed by atoms with van der Waals surface area (Å²) in [6.07, 6.45) is 7.70. The Morgan fingerprint density at radius 2 is 2.04 bits per heavy atom. The lowest BCUT2D eigenvalue weighted by molar-refractivity contribution is -0.135. The topological polar surface area (TPSA) is 74.8 Å². The van der Waals surface area contributed by atoms with Crippen molar-refractivity contribution in [2.24, 2.45) is 0 Å². The van der Waals surface area contributed by atoms with Crippen LogP contribution in [0.3, 0.4) is 0 Å². The maximum atomic E-state index is 12.7. The number of amides is 2. The number of unbranched alkanes of at least 4 members (excludes halogenated alkanes) is 4. The van der Waals surface area contributed by atoms with E-state index in [1.54, 1.807) is 11.1 Å². The number of hydrogen-bond acceptors (Lipinski definition) is 6. The zero-order valence-electron chi connectivity index (χ0n) is 16.3. The standard InChI is InChI=1S/C19H32N4O3S/c1-2-3-4-5-6-7-18(25)23(10-9-22-11-13-26-14-12-22)16-17(24)21-19-20-8-15-27-19/h8,15H,2-7,9-14,16H2,1H3,(H,20,21,24). The van der Waals surface area contributed by atoms with Crippen LogP contribution < -0.4 is 5.32 Å². The summed E-state index contributed by atoms with van der Waals surface area (Å²) in [5, 5.41) is 5.15. The Bertz CT molecular complexity index is 547. The number of thiazole rings is 1. The lowest BCUT2D eigenvalue weighted by Crippen LogP contribution is -2.45. The Balaban J connectivity index is 1.81. The lowest BCUT2D eigenvalue weighted by atomic mass is 10.1. The number of anilines is 1. The number of aromatic nitrogens is 1. The summed E-state index contributed by atoms with van der Waals surface area (Å²) in [5.74, 6) is -0.125. The number of nitrogens with one attached hydrogen (secondary N) is 1. The largest absolute Gasteiger partial charge is 0.379 e. The van der Waals surface area contributed by atoms with E-state index in [1.807, 2.05) is 5.38 Å². The molecular formula is C19H32N4O3S. The average Bonchev–Trinajstić information content (AvgIpc) is 3.18. The molecule has 152 valence electrons. The van der Waals surface area contributed by atoms with Gasteiger partial charge in [-0.3, -0.25) is 14.5 Å². The minimum absolute atomic E-state index is 0.0639. The van der Waals surface area contributed by atoms with Crippen LogP contribution in [0.2, 0.25) is 0 Å². The van der Waals surface area contributed by atoms with Crippen LogP contribution in [0, 0.1) is 0 Å². The zero-order valence-corrected chi connectivity index (χ0v) is 17.1. The summed E-state index contributed by atoms with van der Waals surface area (Å²) in [7, 11) is 0. The second-order valence-corrected chi connectivity index (χ2v) is 7.71. The molecule has 27 heavy (non-hydrogen) atoms. The smallest absolute Gasteiger partial charge is 0.245 e. The summed E-state index contributed by atoms with van der Waals surface area (Å²) in [5.41, 5.74) is 0. The molecule has 0 radical (unpaired) electrons. The summed E-state index contributed by atoms with van der Waals surface area (Å²) >= 11 is 1.38. The predicted octanol–water partition coefficient (Wildman–Crippen LogP) is 2.60. The zero-order chi connectivity index (χ0) is 19.3. The second kappa shape index (κ2) is 12.8. The fourth-order valence-electron chi connectivity index (χ4n) is 3.03. The van der Waals surface area contributed by atoms with Gasteiger partial charge in [0.05, 0.1) is 19.8 Å². The first-order valence-corrected chi connectivity index (χ1v) is 10.8. The van der Waals surface area contributed by atoms with Crippen LogP contribution in [0.25, 0.3) is 0 Å². The van der Waals surface area contributed by atoms with Gasteiger partial charge in [-0.25, -0.2) is 4.98 Å². The first kappa shape index (κ1) is 21.8. The molecule has 1 saturated heterocycles. The van der Waals surface area contributed by atoms with E-state index in [2.05, 4.69) is 22.1 Å². The molecule has 1 N–H and O–H groups in total. The van der Waals surface area contributed by atoms with Crippen molar-refractivity contribution in [1.82, 2.24) is 14.8 Å². The first-order valence-electron chi connectivity index (χ1n) is 9.96. The maximum absolute atomic E-state index is 12.7. The van der Waals surface area contributed by atoms with Gasteiger partial charge in [0.15, 0.2) is 5.13 Å². The Hall–Kier alpha value is -1.51. The van der Waals surface area contributed by atoms with Crippen molar-refractivity contribution in [2.75, 3.05) is 51.3 Å². The van der Waals surface area contributed by atoms with Crippen LogP contribution >= 0.6 is 11.3 Å². The van der Waals surface area contributed by atoms with Crippen molar-refractivity contribution in [2.45, 2.75) is 45.4 Å². The molecule has 0 aromatic carbocycles. The molecule has 1 aliphatic rings. The molecule has 0 unspecified atom stereocenters. The number of nitrogens with zero attached hydrogens (tertiary/aromatic N) is 3. The number of ether oxygens (including phenoxy) is 1. The summed E-state index contributed by atoms with van der Waals surface area (Å²) in [4.78, 5) is 33.0. The molecule has 1 aliphatic heterocycles. The van der Waals surface area contributed by atoms with Gasteiger partial charge in [-0.05, 0) is 6.42 Å². The molecule has 0 saturated carbocycles. The van der Waals surface area contributed by atoms with Gasteiger partial charge in [-0.15, -0.1) is 11.3 Å². The molecule has 2 heterocycles. The fraction of sp³-hybridized carbons (Fsp3) is 0.737. The molecule has 2 rings (SSSR count). The number of morpholine rings is 1. The van der Waals surface area contributed by atoms with Gasteiger partial charge in [0.25, 0.3) is 0 Å². The van der Waals surface area contributed by atoms with E-state index in [0.29, 0.717) is 18.1 Å². The molecular weight excluding hydrogens is 364 g/mol. The van der Waals surface area contributed by atoms with E-state index in [9.17, 15) is 9.59 Å². The van der Waals surface area contributed by atoms with E-state index in [0.717, 1.165) is 45.7 Å². The minimum Gasteiger partial charge on any atom is -0.379 e. The quantitative estimate of drug-likeness (QED) is 0.550. The van der Waals surface area contributed by atoms with Crippen LogP contribution in [0.5, 0.6) is 0 Å². The molecule has 8 heteroatoms. The van der Waals surface area contributed by atoms with E-state index in [1.165, 1.54) is 30.6 Å². The normalized spacial score (nSPS) is 14.9. The van der Waals surface area contributed by atoms with Gasteiger partial charge >= 0.3 is 0 Å². The van der Waals surface area contributed by atoms with Crippen LogP contribution in [-0.4, -0.2) is 72.5 Å². The molecule has 0 atom stereocenters. The molecule has 0 bridgehead atoms. The van der Waals surface area contributed by atoms with Gasteiger partial charge in [-0.2, -0.15) is 0 Å². The first-order chi connectivity index (χ1) is 13.2.